The van der Waals surface area contributed by atoms with Crippen LogP contribution in [0.2, 0.25) is 0 Å². The molecule has 1 atom stereocenters. The fourth-order valence-electron chi connectivity index (χ4n) is 3.98. The maximum atomic E-state index is 14.7. The molecule has 2 N–H and O–H groups in total. The van der Waals surface area contributed by atoms with E-state index in [9.17, 15) is 13.6 Å². The molecule has 5 rings (SSSR count). The summed E-state index contributed by atoms with van der Waals surface area (Å²) in [7, 11) is 1.48. The number of halogens is 2. The Morgan fingerprint density at radius 2 is 2.06 bits per heavy atom. The fraction of sp³-hybridized carbons (Fsp3) is 0.455. The third-order valence-electron chi connectivity index (χ3n) is 5.56. The molecule has 11 heteroatoms. The van der Waals surface area contributed by atoms with Crippen LogP contribution >= 0.6 is 0 Å². The van der Waals surface area contributed by atoms with Crippen LogP contribution in [0.5, 0.6) is 5.75 Å². The molecule has 0 spiro atoms. The molecule has 0 bridgehead atoms. The Labute approximate surface area is 190 Å². The number of ether oxygens (including phenoxy) is 1. The van der Waals surface area contributed by atoms with Gasteiger partial charge < -0.3 is 15.4 Å². The highest BCUT2D eigenvalue weighted by atomic mass is 19.1. The molecule has 0 saturated carbocycles. The molecular formula is C22H27F2N7O2. The van der Waals surface area contributed by atoms with Crippen molar-refractivity contribution in [2.45, 2.75) is 39.2 Å². The van der Waals surface area contributed by atoms with E-state index in [1.54, 1.807) is 6.07 Å². The van der Waals surface area contributed by atoms with Gasteiger partial charge in [-0.15, -0.1) is 5.10 Å². The molecule has 1 amide bonds. The van der Waals surface area contributed by atoms with E-state index in [1.807, 2.05) is 13.8 Å². The number of nitrogens with one attached hydrogen (secondary N) is 2. The van der Waals surface area contributed by atoms with Crippen LogP contribution in [0.4, 0.5) is 20.4 Å². The third kappa shape index (κ3) is 4.32. The van der Waals surface area contributed by atoms with Crippen molar-refractivity contribution in [1.82, 2.24) is 24.9 Å². The van der Waals surface area contributed by atoms with Crippen LogP contribution in [0.1, 0.15) is 33.1 Å². The minimum Gasteiger partial charge on any atom is -0.493 e. The predicted molar refractivity (Wildman–Crippen MR) is 121 cm³/mol. The summed E-state index contributed by atoms with van der Waals surface area (Å²) in [5.41, 5.74) is 0.552. The van der Waals surface area contributed by atoms with E-state index >= 15 is 0 Å². The van der Waals surface area contributed by atoms with Crippen LogP contribution in [0.25, 0.3) is 17.0 Å². The summed E-state index contributed by atoms with van der Waals surface area (Å²) in [5.74, 6) is -0.956. The molecule has 176 valence electrons. The number of amides is 1. The SMILES string of the molecule is CC.COc1cc2ncc(-c3nc(NC4CCNC4)c(F)cc3F)n2nc1N1CCCC1=O. The van der Waals surface area contributed by atoms with Gasteiger partial charge in [-0.25, -0.2) is 23.3 Å². The number of aromatic nitrogens is 4. The Bertz CT molecular complexity index is 1160. The van der Waals surface area contributed by atoms with Gasteiger partial charge >= 0.3 is 0 Å². The van der Waals surface area contributed by atoms with Gasteiger partial charge in [-0.3, -0.25) is 9.69 Å². The normalized spacial score (nSPS) is 17.9. The number of fused-ring (bicyclic) bond motifs is 1. The fourth-order valence-corrected chi connectivity index (χ4v) is 3.98. The summed E-state index contributed by atoms with van der Waals surface area (Å²) in [6, 6.07) is 2.45. The number of pyridine rings is 1. The van der Waals surface area contributed by atoms with Crippen molar-refractivity contribution in [2.75, 3.05) is 37.0 Å². The van der Waals surface area contributed by atoms with Gasteiger partial charge in [0.05, 0.1) is 13.3 Å². The smallest absolute Gasteiger partial charge is 0.228 e. The minimum atomic E-state index is -0.828. The van der Waals surface area contributed by atoms with Crippen molar-refractivity contribution < 1.29 is 18.3 Å². The second-order valence-electron chi connectivity index (χ2n) is 7.58. The molecule has 2 aliphatic heterocycles. The number of methoxy groups -OCH3 is 1. The highest BCUT2D eigenvalue weighted by Gasteiger charge is 2.28. The van der Waals surface area contributed by atoms with Gasteiger partial charge in [0, 0.05) is 37.7 Å². The Morgan fingerprint density at radius 1 is 1.24 bits per heavy atom. The summed E-state index contributed by atoms with van der Waals surface area (Å²) in [6.45, 7) is 6.02. The standard InChI is InChI=1S/C20H21F2N7O2.C2H6/c1-31-15-8-16-24-10-14(29(16)27-20(15)28-6-2-3-17(28)30)18-12(21)7-13(22)19(26-18)25-11-4-5-23-9-11;1-2/h7-8,10-11,23H,2-6,9H2,1H3,(H,25,26);1-2H3. The molecule has 5 heterocycles. The van der Waals surface area contributed by atoms with E-state index in [0.29, 0.717) is 36.7 Å². The summed E-state index contributed by atoms with van der Waals surface area (Å²) in [6.07, 6.45) is 3.39. The quantitative estimate of drug-likeness (QED) is 0.605. The Hall–Kier alpha value is -3.34. The first kappa shape index (κ1) is 22.8. The van der Waals surface area contributed by atoms with Crippen LogP contribution in [-0.4, -0.2) is 58.3 Å². The molecule has 9 nitrogen and oxygen atoms in total. The molecule has 1 unspecified atom stereocenters. The van der Waals surface area contributed by atoms with Crippen LogP contribution < -0.4 is 20.3 Å². The second kappa shape index (κ2) is 9.65. The van der Waals surface area contributed by atoms with Crippen molar-refractivity contribution in [3.05, 3.63) is 30.0 Å². The lowest BCUT2D eigenvalue weighted by atomic mass is 10.2. The molecule has 0 aromatic carbocycles. The summed E-state index contributed by atoms with van der Waals surface area (Å²) in [4.78, 5) is 22.3. The monoisotopic (exact) mass is 459 g/mol. The number of carbonyl (C=O) groups excluding carboxylic acids is 1. The number of hydrogen-bond acceptors (Lipinski definition) is 7. The first-order valence-corrected chi connectivity index (χ1v) is 11.1. The number of nitrogens with zero attached hydrogens (tertiary/aromatic N) is 5. The molecule has 3 aromatic heterocycles. The zero-order valence-corrected chi connectivity index (χ0v) is 18.9. The number of rotatable bonds is 5. The van der Waals surface area contributed by atoms with Crippen LogP contribution in [-0.2, 0) is 4.79 Å². The molecule has 33 heavy (non-hydrogen) atoms. The zero-order chi connectivity index (χ0) is 23.5. The molecule has 0 aliphatic carbocycles. The highest BCUT2D eigenvalue weighted by Crippen LogP contribution is 2.32. The summed E-state index contributed by atoms with van der Waals surface area (Å²) in [5, 5.41) is 10.7. The topological polar surface area (TPSA) is 96.7 Å². The Morgan fingerprint density at radius 3 is 2.73 bits per heavy atom. The summed E-state index contributed by atoms with van der Waals surface area (Å²) >= 11 is 0. The Kier molecular flexibility index (Phi) is 6.68. The van der Waals surface area contributed by atoms with E-state index in [-0.39, 0.29) is 29.2 Å². The maximum absolute atomic E-state index is 14.7. The molecule has 2 saturated heterocycles. The average molecular weight is 460 g/mol. The molecule has 2 fully saturated rings. The Balaban J connectivity index is 0.00000126. The molecule has 0 radical (unpaired) electrons. The van der Waals surface area contributed by atoms with Gasteiger partial charge in [-0.05, 0) is 19.4 Å². The number of imidazole rings is 1. The molecule has 3 aromatic rings. The van der Waals surface area contributed by atoms with E-state index in [1.165, 1.54) is 22.7 Å². The second-order valence-corrected chi connectivity index (χ2v) is 7.58. The number of carbonyl (C=O) groups is 1. The molecular weight excluding hydrogens is 432 g/mol. The molecule has 2 aliphatic rings. The van der Waals surface area contributed by atoms with Gasteiger partial charge in [-0.1, -0.05) is 13.8 Å². The lowest BCUT2D eigenvalue weighted by Crippen LogP contribution is -2.26. The van der Waals surface area contributed by atoms with E-state index in [4.69, 9.17) is 4.74 Å². The lowest BCUT2D eigenvalue weighted by molar-refractivity contribution is -0.117. The van der Waals surface area contributed by atoms with Crippen molar-refractivity contribution in [3.8, 4) is 17.1 Å². The largest absolute Gasteiger partial charge is 0.493 e. The van der Waals surface area contributed by atoms with Crippen LogP contribution in [0.3, 0.4) is 0 Å². The van der Waals surface area contributed by atoms with Crippen molar-refractivity contribution >= 4 is 23.2 Å². The van der Waals surface area contributed by atoms with Crippen molar-refractivity contribution in [3.63, 3.8) is 0 Å². The van der Waals surface area contributed by atoms with Gasteiger partial charge in [-0.2, -0.15) is 0 Å². The van der Waals surface area contributed by atoms with Gasteiger partial charge in [0.25, 0.3) is 0 Å². The van der Waals surface area contributed by atoms with Crippen molar-refractivity contribution in [2.24, 2.45) is 0 Å². The summed E-state index contributed by atoms with van der Waals surface area (Å²) < 4.78 is 35.9. The van der Waals surface area contributed by atoms with Crippen LogP contribution in [0.15, 0.2) is 18.3 Å². The maximum Gasteiger partial charge on any atom is 0.228 e. The predicted octanol–water partition coefficient (Wildman–Crippen LogP) is 3.00. The van der Waals surface area contributed by atoms with Gasteiger partial charge in [0.15, 0.2) is 34.7 Å². The van der Waals surface area contributed by atoms with E-state index in [0.717, 1.165) is 25.5 Å². The first-order chi connectivity index (χ1) is 16.0. The highest BCUT2D eigenvalue weighted by molar-refractivity contribution is 5.95. The van der Waals surface area contributed by atoms with Crippen LogP contribution in [0, 0.1) is 11.6 Å². The van der Waals surface area contributed by atoms with Crippen molar-refractivity contribution in [1.29, 1.82) is 0 Å². The zero-order valence-electron chi connectivity index (χ0n) is 18.9. The average Bonchev–Trinajstić information content (AvgIpc) is 3.57. The first-order valence-electron chi connectivity index (χ1n) is 11.1. The van der Waals surface area contributed by atoms with Gasteiger partial charge in [0.2, 0.25) is 5.91 Å². The number of anilines is 2. The third-order valence-corrected chi connectivity index (χ3v) is 5.56. The lowest BCUT2D eigenvalue weighted by Gasteiger charge is -2.18. The number of hydrogen-bond donors (Lipinski definition) is 2. The minimum absolute atomic E-state index is 0.0117. The van der Waals surface area contributed by atoms with E-state index < -0.39 is 11.6 Å². The van der Waals surface area contributed by atoms with Gasteiger partial charge in [0.1, 0.15) is 11.4 Å². The van der Waals surface area contributed by atoms with E-state index in [2.05, 4.69) is 25.7 Å².